The molecule has 7 nitrogen and oxygen atoms in total. The molecule has 6 rings (SSSR count). The summed E-state index contributed by atoms with van der Waals surface area (Å²) in [5.74, 6) is 4.03. The van der Waals surface area contributed by atoms with Crippen LogP contribution in [0.15, 0.2) is 0 Å². The summed E-state index contributed by atoms with van der Waals surface area (Å²) in [6.07, 6.45) is 15.6. The lowest BCUT2D eigenvalue weighted by molar-refractivity contribution is -0.115. The standard InChI is InChI=1S/C31H54N4O3.C2H6/c1-30-11-9-22(32-29(37)33-35-15-13-34(3)14-16-35)18-21(30)7-8-24-25(30)10-12-31(2)26(24)20-28-27(31)19-23(38-28)6-4-5-17-36;1-2/h21-28,36H,4-20H2,1-3H3,(H2,32,33,37);1-2H3. The highest BCUT2D eigenvalue weighted by Crippen LogP contribution is 2.69. The van der Waals surface area contributed by atoms with Crippen molar-refractivity contribution in [2.24, 2.45) is 40.4 Å². The van der Waals surface area contributed by atoms with E-state index in [9.17, 15) is 4.79 Å². The summed E-state index contributed by atoms with van der Waals surface area (Å²) in [5.41, 5.74) is 4.00. The first-order chi connectivity index (χ1) is 19.3. The molecule has 0 radical (unpaired) electrons. The van der Waals surface area contributed by atoms with Crippen LogP contribution in [0.3, 0.4) is 0 Å². The third-order valence-corrected chi connectivity index (χ3v) is 12.8. The predicted octanol–water partition coefficient (Wildman–Crippen LogP) is 5.43. The maximum absolute atomic E-state index is 12.8. The largest absolute Gasteiger partial charge is 0.396 e. The predicted molar refractivity (Wildman–Crippen MR) is 161 cm³/mol. The Balaban J connectivity index is 0.00000158. The van der Waals surface area contributed by atoms with Gasteiger partial charge < -0.3 is 20.1 Å². The zero-order valence-corrected chi connectivity index (χ0v) is 26.3. The van der Waals surface area contributed by atoms with E-state index in [2.05, 4.69) is 41.5 Å². The molecule has 2 saturated heterocycles. The van der Waals surface area contributed by atoms with Gasteiger partial charge in [-0.05, 0) is 125 Å². The summed E-state index contributed by atoms with van der Waals surface area (Å²) in [6.45, 7) is 13.4. The van der Waals surface area contributed by atoms with Crippen LogP contribution in [0.4, 0.5) is 4.79 Å². The Morgan fingerprint density at radius 2 is 1.65 bits per heavy atom. The Labute approximate surface area is 244 Å². The second-order valence-electron chi connectivity index (χ2n) is 14.6. The molecule has 2 amide bonds. The Hall–Kier alpha value is -0.890. The van der Waals surface area contributed by atoms with Gasteiger partial charge in [0.2, 0.25) is 0 Å². The molecule has 6 aliphatic rings. The number of rotatable bonds is 6. The number of nitrogens with one attached hydrogen (secondary N) is 2. The van der Waals surface area contributed by atoms with Crippen LogP contribution in [-0.2, 0) is 4.74 Å². The van der Waals surface area contributed by atoms with Crippen molar-refractivity contribution in [2.45, 2.75) is 123 Å². The minimum atomic E-state index is -0.00237. The zero-order valence-electron chi connectivity index (χ0n) is 26.3. The first kappa shape index (κ1) is 30.6. The molecule has 40 heavy (non-hydrogen) atoms. The van der Waals surface area contributed by atoms with E-state index >= 15 is 0 Å². The number of amides is 2. The van der Waals surface area contributed by atoms with Crippen LogP contribution in [0.1, 0.15) is 105 Å². The highest BCUT2D eigenvalue weighted by Gasteiger charge is 2.64. The van der Waals surface area contributed by atoms with E-state index in [1.807, 2.05) is 13.8 Å². The van der Waals surface area contributed by atoms with Crippen molar-refractivity contribution >= 4 is 6.03 Å². The normalized spacial score (nSPS) is 44.9. The van der Waals surface area contributed by atoms with E-state index in [0.717, 1.165) is 87.9 Å². The lowest BCUT2D eigenvalue weighted by atomic mass is 9.44. The number of fused-ring (bicyclic) bond motifs is 7. The average Bonchev–Trinajstić information content (AvgIpc) is 3.48. The van der Waals surface area contributed by atoms with Crippen molar-refractivity contribution in [2.75, 3.05) is 39.8 Å². The minimum Gasteiger partial charge on any atom is -0.396 e. The topological polar surface area (TPSA) is 77.1 Å². The molecule has 0 aromatic rings. The van der Waals surface area contributed by atoms with Gasteiger partial charge in [-0.25, -0.2) is 9.80 Å². The summed E-state index contributed by atoms with van der Waals surface area (Å²) in [6, 6.07) is 0.311. The smallest absolute Gasteiger partial charge is 0.329 e. The molecule has 0 aromatic carbocycles. The van der Waals surface area contributed by atoms with Crippen molar-refractivity contribution in [3.05, 3.63) is 0 Å². The summed E-state index contributed by atoms with van der Waals surface area (Å²) < 4.78 is 6.68. The molecule has 4 aliphatic carbocycles. The second-order valence-corrected chi connectivity index (χ2v) is 14.6. The van der Waals surface area contributed by atoms with Gasteiger partial charge in [-0.1, -0.05) is 27.7 Å². The van der Waals surface area contributed by atoms with E-state index in [0.29, 0.717) is 35.7 Å². The Morgan fingerprint density at radius 1 is 0.900 bits per heavy atom. The molecule has 7 heteroatoms. The molecule has 0 bridgehead atoms. The fourth-order valence-electron chi connectivity index (χ4n) is 10.6. The first-order valence-corrected chi connectivity index (χ1v) is 17.1. The van der Waals surface area contributed by atoms with Gasteiger partial charge in [0.1, 0.15) is 0 Å². The number of hydrogen-bond donors (Lipinski definition) is 3. The van der Waals surface area contributed by atoms with Crippen LogP contribution in [-0.4, -0.2) is 79.1 Å². The summed E-state index contributed by atoms with van der Waals surface area (Å²) in [5, 5.41) is 14.6. The Morgan fingerprint density at radius 3 is 2.40 bits per heavy atom. The van der Waals surface area contributed by atoms with Crippen LogP contribution in [0, 0.1) is 40.4 Å². The van der Waals surface area contributed by atoms with Gasteiger partial charge in [0.05, 0.1) is 12.2 Å². The third-order valence-electron chi connectivity index (χ3n) is 12.8. The number of nitrogens with zero attached hydrogens (tertiary/aromatic N) is 2. The SMILES string of the molecule is CC.CN1CCN(NC(=O)NC2CCC3(C)C(CCC4C3CCC3(C)C5CC(CCCCO)OC5CC43)C2)CC1. The number of aliphatic hydroxyl groups is 1. The molecule has 0 aromatic heterocycles. The van der Waals surface area contributed by atoms with Gasteiger partial charge in [-0.15, -0.1) is 0 Å². The number of urea groups is 1. The number of carbonyl (C=O) groups is 1. The van der Waals surface area contributed by atoms with Crippen LogP contribution < -0.4 is 10.7 Å². The summed E-state index contributed by atoms with van der Waals surface area (Å²) in [4.78, 5) is 15.1. The van der Waals surface area contributed by atoms with Gasteiger partial charge in [-0.3, -0.25) is 5.43 Å². The quantitative estimate of drug-likeness (QED) is 0.378. The molecule has 3 N–H and O–H groups in total. The minimum absolute atomic E-state index is 0.00237. The van der Waals surface area contributed by atoms with Crippen LogP contribution >= 0.6 is 0 Å². The van der Waals surface area contributed by atoms with E-state index in [4.69, 9.17) is 9.84 Å². The lowest BCUT2D eigenvalue weighted by Gasteiger charge is -2.61. The fraction of sp³-hybridized carbons (Fsp3) is 0.970. The van der Waals surface area contributed by atoms with E-state index in [-0.39, 0.29) is 6.03 Å². The molecule has 230 valence electrons. The first-order valence-electron chi connectivity index (χ1n) is 17.1. The number of aliphatic hydroxyl groups excluding tert-OH is 1. The molecule has 10 atom stereocenters. The number of hydrogen-bond acceptors (Lipinski definition) is 5. The highest BCUT2D eigenvalue weighted by molar-refractivity contribution is 5.73. The number of carbonyl (C=O) groups excluding carboxylic acids is 1. The van der Waals surface area contributed by atoms with Crippen LogP contribution in [0.5, 0.6) is 0 Å². The molecular weight excluding hydrogens is 500 g/mol. The Kier molecular flexibility index (Phi) is 9.76. The molecule has 4 saturated carbocycles. The number of likely N-dealkylation sites (N-methyl/N-ethyl adjacent to an activating group) is 1. The lowest BCUT2D eigenvalue weighted by Crippen LogP contribution is -2.58. The Bertz CT molecular complexity index is 850. The van der Waals surface area contributed by atoms with Crippen LogP contribution in [0.25, 0.3) is 0 Å². The summed E-state index contributed by atoms with van der Waals surface area (Å²) >= 11 is 0. The molecule has 2 heterocycles. The van der Waals surface area contributed by atoms with E-state index in [1.54, 1.807) is 0 Å². The number of hydrazine groups is 1. The second kappa shape index (κ2) is 12.8. The van der Waals surface area contributed by atoms with Gasteiger partial charge >= 0.3 is 6.03 Å². The van der Waals surface area contributed by atoms with Gasteiger partial charge in [-0.2, -0.15) is 0 Å². The molecule has 2 aliphatic heterocycles. The van der Waals surface area contributed by atoms with Gasteiger partial charge in [0.25, 0.3) is 0 Å². The molecular formula is C33H60N4O3. The van der Waals surface area contributed by atoms with E-state index in [1.165, 1.54) is 44.9 Å². The third kappa shape index (κ3) is 5.83. The number of ether oxygens (including phenoxy) is 1. The van der Waals surface area contributed by atoms with Crippen molar-refractivity contribution in [3.8, 4) is 0 Å². The maximum Gasteiger partial charge on any atom is 0.329 e. The number of piperazine rings is 1. The molecule has 6 fully saturated rings. The van der Waals surface area contributed by atoms with Crippen LogP contribution in [0.2, 0.25) is 0 Å². The van der Waals surface area contributed by atoms with Gasteiger partial charge in [0, 0.05) is 38.8 Å². The van der Waals surface area contributed by atoms with Crippen molar-refractivity contribution in [1.29, 1.82) is 0 Å². The van der Waals surface area contributed by atoms with Crippen molar-refractivity contribution < 1.29 is 14.6 Å². The molecule has 0 spiro atoms. The van der Waals surface area contributed by atoms with Crippen molar-refractivity contribution in [1.82, 2.24) is 20.7 Å². The van der Waals surface area contributed by atoms with Gasteiger partial charge in [0.15, 0.2) is 0 Å². The van der Waals surface area contributed by atoms with E-state index < -0.39 is 0 Å². The highest BCUT2D eigenvalue weighted by atomic mass is 16.5. The fourth-order valence-corrected chi connectivity index (χ4v) is 10.6. The summed E-state index contributed by atoms with van der Waals surface area (Å²) in [7, 11) is 2.14. The number of unbranched alkanes of at least 4 members (excludes halogenated alkanes) is 1. The zero-order chi connectivity index (χ0) is 28.5. The molecule has 10 unspecified atom stereocenters. The maximum atomic E-state index is 12.8. The van der Waals surface area contributed by atoms with Crippen molar-refractivity contribution in [3.63, 3.8) is 0 Å². The monoisotopic (exact) mass is 560 g/mol. The average molecular weight is 561 g/mol.